The van der Waals surface area contributed by atoms with E-state index in [1.54, 1.807) is 6.21 Å². The lowest BCUT2D eigenvalue weighted by Gasteiger charge is -2.07. The predicted molar refractivity (Wildman–Crippen MR) is 92.8 cm³/mol. The van der Waals surface area contributed by atoms with Crippen LogP contribution in [-0.4, -0.2) is 21.1 Å². The number of hydrogen-bond acceptors (Lipinski definition) is 5. The van der Waals surface area contributed by atoms with Crippen LogP contribution in [-0.2, 0) is 0 Å². The van der Waals surface area contributed by atoms with Gasteiger partial charge in [-0.25, -0.2) is 10.1 Å². The Bertz CT molecular complexity index is 964. The second-order valence-electron chi connectivity index (χ2n) is 5.16. The van der Waals surface area contributed by atoms with E-state index in [1.165, 1.54) is 21.8 Å². The van der Waals surface area contributed by atoms with Crippen LogP contribution in [0.1, 0.15) is 5.56 Å². The van der Waals surface area contributed by atoms with E-state index in [0.29, 0.717) is 5.95 Å². The van der Waals surface area contributed by atoms with E-state index in [-0.39, 0.29) is 0 Å². The number of benzene rings is 3. The Labute approximate surface area is 132 Å². The van der Waals surface area contributed by atoms with Gasteiger partial charge in [-0.15, -0.1) is 10.2 Å². The summed E-state index contributed by atoms with van der Waals surface area (Å²) < 4.78 is 1.28. The Kier molecular flexibility index (Phi) is 3.12. The first-order valence-electron chi connectivity index (χ1n) is 7.17. The topological polar surface area (TPSA) is 81.1 Å². The summed E-state index contributed by atoms with van der Waals surface area (Å²) in [6, 6.07) is 18.7. The number of hydrogen-bond donors (Lipinski definition) is 2. The van der Waals surface area contributed by atoms with Gasteiger partial charge in [0.05, 0.1) is 6.21 Å². The van der Waals surface area contributed by atoms with Crippen molar-refractivity contribution in [3.63, 3.8) is 0 Å². The maximum atomic E-state index is 5.66. The van der Waals surface area contributed by atoms with Gasteiger partial charge in [0, 0.05) is 5.56 Å². The van der Waals surface area contributed by atoms with Crippen molar-refractivity contribution >= 4 is 33.7 Å². The van der Waals surface area contributed by atoms with Crippen LogP contribution in [0.25, 0.3) is 21.5 Å². The number of rotatable bonds is 3. The predicted octanol–water partition coefficient (Wildman–Crippen LogP) is 2.74. The van der Waals surface area contributed by atoms with E-state index in [0.717, 1.165) is 16.3 Å². The Hall–Kier alpha value is -3.41. The fraction of sp³-hybridized carbons (Fsp3) is 0. The second kappa shape index (κ2) is 5.42. The van der Waals surface area contributed by atoms with Gasteiger partial charge < -0.3 is 5.84 Å². The summed E-state index contributed by atoms with van der Waals surface area (Å²) in [5.41, 5.74) is 3.85. The highest BCUT2D eigenvalue weighted by molar-refractivity contribution is 6.13. The fourth-order valence-electron chi connectivity index (χ4n) is 2.67. The molecule has 0 fully saturated rings. The van der Waals surface area contributed by atoms with E-state index in [1.807, 2.05) is 24.3 Å². The van der Waals surface area contributed by atoms with Crippen molar-refractivity contribution in [3.8, 4) is 0 Å². The third-order valence-corrected chi connectivity index (χ3v) is 3.74. The van der Waals surface area contributed by atoms with Crippen LogP contribution in [0.2, 0.25) is 0 Å². The molecule has 0 saturated carbocycles. The van der Waals surface area contributed by atoms with Crippen LogP contribution in [0.15, 0.2) is 66.0 Å². The molecule has 6 heteroatoms. The molecule has 0 unspecified atom stereocenters. The van der Waals surface area contributed by atoms with E-state index >= 15 is 0 Å². The maximum Gasteiger partial charge on any atom is 0.263 e. The van der Waals surface area contributed by atoms with E-state index < -0.39 is 0 Å². The minimum atomic E-state index is 0.380. The third kappa shape index (κ3) is 2.36. The number of nitrogen functional groups attached to an aromatic ring is 1. The maximum absolute atomic E-state index is 5.66. The highest BCUT2D eigenvalue weighted by atomic mass is 15.5. The standard InChI is InChI=1S/C17H14N6/c18-23-11-20-22-17(23)21-19-10-16-14-7-3-1-5-12(14)9-13-6-2-4-8-15(13)16/h1-11H,18H2,(H,21,22)/b19-10+. The molecule has 0 atom stereocenters. The molecule has 0 aliphatic rings. The monoisotopic (exact) mass is 302 g/mol. The van der Waals surface area contributed by atoms with Crippen molar-refractivity contribution in [1.82, 2.24) is 14.9 Å². The molecule has 3 N–H and O–H groups in total. The van der Waals surface area contributed by atoms with Crippen molar-refractivity contribution in [1.29, 1.82) is 0 Å². The summed E-state index contributed by atoms with van der Waals surface area (Å²) in [5.74, 6) is 6.04. The highest BCUT2D eigenvalue weighted by Crippen LogP contribution is 2.27. The number of nitrogens with zero attached hydrogens (tertiary/aromatic N) is 4. The minimum Gasteiger partial charge on any atom is -0.335 e. The lowest BCUT2D eigenvalue weighted by atomic mass is 9.97. The third-order valence-electron chi connectivity index (χ3n) is 3.74. The summed E-state index contributed by atoms with van der Waals surface area (Å²) in [6.07, 6.45) is 3.20. The van der Waals surface area contributed by atoms with Crippen LogP contribution in [0.5, 0.6) is 0 Å². The zero-order valence-electron chi connectivity index (χ0n) is 12.2. The second-order valence-corrected chi connectivity index (χ2v) is 5.16. The van der Waals surface area contributed by atoms with Gasteiger partial charge in [-0.05, 0) is 27.6 Å². The van der Waals surface area contributed by atoms with Gasteiger partial charge in [-0.1, -0.05) is 48.5 Å². The van der Waals surface area contributed by atoms with Gasteiger partial charge in [0.2, 0.25) is 0 Å². The largest absolute Gasteiger partial charge is 0.335 e. The lowest BCUT2D eigenvalue weighted by molar-refractivity contribution is 0.988. The van der Waals surface area contributed by atoms with Gasteiger partial charge in [-0.3, -0.25) is 0 Å². The smallest absolute Gasteiger partial charge is 0.263 e. The van der Waals surface area contributed by atoms with Gasteiger partial charge in [-0.2, -0.15) is 5.10 Å². The number of fused-ring (bicyclic) bond motifs is 2. The van der Waals surface area contributed by atoms with Crippen LogP contribution in [0.4, 0.5) is 5.95 Å². The normalized spacial score (nSPS) is 11.5. The number of aromatic nitrogens is 3. The van der Waals surface area contributed by atoms with E-state index in [4.69, 9.17) is 5.84 Å². The van der Waals surface area contributed by atoms with E-state index in [9.17, 15) is 0 Å². The first kappa shape index (κ1) is 13.3. The molecule has 3 aromatic carbocycles. The highest BCUT2D eigenvalue weighted by Gasteiger charge is 2.05. The molecule has 4 rings (SSSR count). The molecule has 6 nitrogen and oxygen atoms in total. The van der Waals surface area contributed by atoms with Gasteiger partial charge in [0.25, 0.3) is 5.95 Å². The van der Waals surface area contributed by atoms with Gasteiger partial charge >= 0.3 is 0 Å². The molecule has 4 aromatic rings. The zero-order chi connectivity index (χ0) is 15.6. The van der Waals surface area contributed by atoms with Crippen LogP contribution >= 0.6 is 0 Å². The van der Waals surface area contributed by atoms with Crippen molar-refractivity contribution < 1.29 is 0 Å². The minimum absolute atomic E-state index is 0.380. The Morgan fingerprint density at radius 2 is 1.65 bits per heavy atom. The molecular formula is C17H14N6. The molecule has 112 valence electrons. The first-order chi connectivity index (χ1) is 11.3. The Morgan fingerprint density at radius 3 is 2.26 bits per heavy atom. The molecular weight excluding hydrogens is 288 g/mol. The van der Waals surface area contributed by atoms with Crippen LogP contribution < -0.4 is 11.3 Å². The lowest BCUT2D eigenvalue weighted by Crippen LogP contribution is -2.10. The van der Waals surface area contributed by atoms with Gasteiger partial charge in [0.15, 0.2) is 0 Å². The number of hydrazone groups is 1. The summed E-state index contributed by atoms with van der Waals surface area (Å²) in [4.78, 5) is 0. The van der Waals surface area contributed by atoms with Crippen LogP contribution in [0, 0.1) is 0 Å². The molecule has 23 heavy (non-hydrogen) atoms. The number of anilines is 1. The molecule has 0 spiro atoms. The number of nitrogens with two attached hydrogens (primary N) is 1. The first-order valence-corrected chi connectivity index (χ1v) is 7.17. The average Bonchev–Trinajstić information content (AvgIpc) is 2.99. The fourth-order valence-corrected chi connectivity index (χ4v) is 2.67. The zero-order valence-corrected chi connectivity index (χ0v) is 12.2. The molecule has 0 aliphatic heterocycles. The quantitative estimate of drug-likeness (QED) is 0.264. The van der Waals surface area contributed by atoms with Crippen molar-refractivity contribution in [2.75, 3.05) is 11.3 Å². The molecule has 1 aromatic heterocycles. The molecule has 0 saturated heterocycles. The van der Waals surface area contributed by atoms with E-state index in [2.05, 4.69) is 51.1 Å². The molecule has 0 bridgehead atoms. The Balaban J connectivity index is 1.84. The Morgan fingerprint density at radius 1 is 1.00 bits per heavy atom. The molecule has 0 radical (unpaired) electrons. The van der Waals surface area contributed by atoms with Gasteiger partial charge in [0.1, 0.15) is 6.33 Å². The summed E-state index contributed by atoms with van der Waals surface area (Å²) in [6.45, 7) is 0. The van der Waals surface area contributed by atoms with Crippen molar-refractivity contribution in [2.24, 2.45) is 5.10 Å². The molecule has 0 amide bonds. The van der Waals surface area contributed by atoms with Crippen LogP contribution in [0.3, 0.4) is 0 Å². The summed E-state index contributed by atoms with van der Waals surface area (Å²) in [5, 5.41) is 16.4. The molecule has 0 aliphatic carbocycles. The van der Waals surface area contributed by atoms with Crippen molar-refractivity contribution in [3.05, 3.63) is 66.5 Å². The number of nitrogens with one attached hydrogen (secondary N) is 1. The SMILES string of the molecule is Nn1cnnc1N/N=C/c1c2ccccc2cc2ccccc12. The average molecular weight is 302 g/mol. The summed E-state index contributed by atoms with van der Waals surface area (Å²) in [7, 11) is 0. The summed E-state index contributed by atoms with van der Waals surface area (Å²) >= 11 is 0. The van der Waals surface area contributed by atoms with Crippen molar-refractivity contribution in [2.45, 2.75) is 0 Å². The molecule has 1 heterocycles.